The Kier molecular flexibility index (Phi) is 3.77. The van der Waals surface area contributed by atoms with E-state index >= 15 is 0 Å². The molecule has 3 rings (SSSR count). The number of hydrogen-bond acceptors (Lipinski definition) is 5. The van der Waals surface area contributed by atoms with Crippen molar-refractivity contribution in [3.05, 3.63) is 46.8 Å². The molecule has 0 aliphatic carbocycles. The molecular weight excluding hydrogens is 316 g/mol. The van der Waals surface area contributed by atoms with Crippen molar-refractivity contribution in [3.8, 4) is 0 Å². The predicted octanol–water partition coefficient (Wildman–Crippen LogP) is 1.18. The van der Waals surface area contributed by atoms with Crippen LogP contribution in [-0.4, -0.2) is 30.8 Å². The third kappa shape index (κ3) is 3.16. The number of aromatic nitrogens is 2. The molecule has 0 spiro atoms. The maximum atomic E-state index is 12.5. The molecule has 1 aromatic heterocycles. The zero-order valence-corrected chi connectivity index (χ0v) is 13.6. The summed E-state index contributed by atoms with van der Waals surface area (Å²) in [7, 11) is -3.86. The van der Waals surface area contributed by atoms with E-state index in [1.54, 1.807) is 26.0 Å². The number of amides is 1. The summed E-state index contributed by atoms with van der Waals surface area (Å²) in [6.45, 7) is 4.08. The van der Waals surface area contributed by atoms with Crippen molar-refractivity contribution in [2.75, 3.05) is 11.3 Å². The van der Waals surface area contributed by atoms with Gasteiger partial charge in [0.05, 0.1) is 4.90 Å². The van der Waals surface area contributed by atoms with Crippen LogP contribution in [0.1, 0.15) is 27.3 Å². The highest BCUT2D eigenvalue weighted by Crippen LogP contribution is 2.20. The number of hydrogen-bond donors (Lipinski definition) is 2. The molecule has 1 aromatic carbocycles. The average molecular weight is 332 g/mol. The molecule has 120 valence electrons. The average Bonchev–Trinajstić information content (AvgIpc) is 2.45. The van der Waals surface area contributed by atoms with Crippen LogP contribution in [0.15, 0.2) is 29.2 Å². The van der Waals surface area contributed by atoms with Crippen molar-refractivity contribution in [2.45, 2.75) is 25.2 Å². The number of benzene rings is 1. The molecule has 0 atom stereocenters. The molecule has 23 heavy (non-hydrogen) atoms. The molecule has 1 aliphatic rings. The maximum absolute atomic E-state index is 12.5. The topological polar surface area (TPSA) is 101 Å². The van der Waals surface area contributed by atoms with E-state index in [2.05, 4.69) is 20.0 Å². The fourth-order valence-corrected chi connectivity index (χ4v) is 3.48. The summed E-state index contributed by atoms with van der Waals surface area (Å²) in [6, 6.07) is 6.29. The van der Waals surface area contributed by atoms with Crippen LogP contribution in [0.5, 0.6) is 0 Å². The SMILES string of the molecule is Cc1cc(C)nc(NS(=O)(=O)c2ccc3c(c2)C(=O)NCC3)n1. The molecule has 2 heterocycles. The summed E-state index contributed by atoms with van der Waals surface area (Å²) in [6.07, 6.45) is 0.689. The molecule has 0 unspecified atom stereocenters. The number of carbonyl (C=O) groups is 1. The molecule has 0 bridgehead atoms. The van der Waals surface area contributed by atoms with Gasteiger partial charge >= 0.3 is 0 Å². The van der Waals surface area contributed by atoms with Crippen LogP contribution in [-0.2, 0) is 16.4 Å². The van der Waals surface area contributed by atoms with Gasteiger partial charge in [-0.1, -0.05) is 6.07 Å². The third-order valence-electron chi connectivity index (χ3n) is 3.52. The Morgan fingerprint density at radius 2 is 1.83 bits per heavy atom. The van der Waals surface area contributed by atoms with Crippen molar-refractivity contribution in [3.63, 3.8) is 0 Å². The second kappa shape index (κ2) is 5.62. The van der Waals surface area contributed by atoms with Crippen molar-refractivity contribution >= 4 is 21.9 Å². The first-order chi connectivity index (χ1) is 10.8. The van der Waals surface area contributed by atoms with Gasteiger partial charge in [-0.15, -0.1) is 0 Å². The molecule has 8 heteroatoms. The van der Waals surface area contributed by atoms with Gasteiger partial charge in [0.25, 0.3) is 15.9 Å². The number of carbonyl (C=O) groups excluding carboxylic acids is 1. The zero-order valence-electron chi connectivity index (χ0n) is 12.8. The normalized spacial score (nSPS) is 14.1. The molecule has 0 saturated heterocycles. The van der Waals surface area contributed by atoms with E-state index in [-0.39, 0.29) is 16.8 Å². The van der Waals surface area contributed by atoms with Crippen molar-refractivity contribution in [1.29, 1.82) is 0 Å². The van der Waals surface area contributed by atoms with Gasteiger partial charge in [-0.2, -0.15) is 0 Å². The van der Waals surface area contributed by atoms with Gasteiger partial charge in [-0.05, 0) is 44.0 Å². The van der Waals surface area contributed by atoms with E-state index in [9.17, 15) is 13.2 Å². The van der Waals surface area contributed by atoms with Crippen molar-refractivity contribution in [2.24, 2.45) is 0 Å². The van der Waals surface area contributed by atoms with Crippen LogP contribution in [0, 0.1) is 13.8 Å². The van der Waals surface area contributed by atoms with Crippen molar-refractivity contribution < 1.29 is 13.2 Å². The lowest BCUT2D eigenvalue weighted by molar-refractivity contribution is 0.0945. The molecule has 7 nitrogen and oxygen atoms in total. The van der Waals surface area contributed by atoms with Crippen LogP contribution >= 0.6 is 0 Å². The number of fused-ring (bicyclic) bond motifs is 1. The van der Waals surface area contributed by atoms with E-state index in [0.29, 0.717) is 29.9 Å². The Bertz CT molecular complexity index is 873. The zero-order chi connectivity index (χ0) is 16.6. The minimum absolute atomic E-state index is 0.0102. The first kappa shape index (κ1) is 15.4. The van der Waals surface area contributed by atoms with Gasteiger partial charge in [0.15, 0.2) is 0 Å². The largest absolute Gasteiger partial charge is 0.352 e. The first-order valence-corrected chi connectivity index (χ1v) is 8.60. The summed E-state index contributed by atoms with van der Waals surface area (Å²) < 4.78 is 27.3. The minimum atomic E-state index is -3.86. The van der Waals surface area contributed by atoms with Gasteiger partial charge in [0.1, 0.15) is 0 Å². The highest BCUT2D eigenvalue weighted by Gasteiger charge is 2.22. The van der Waals surface area contributed by atoms with E-state index in [0.717, 1.165) is 5.56 Å². The molecule has 2 N–H and O–H groups in total. The molecule has 0 radical (unpaired) electrons. The Morgan fingerprint density at radius 1 is 1.13 bits per heavy atom. The lowest BCUT2D eigenvalue weighted by Gasteiger charge is -2.17. The fraction of sp³-hybridized carbons (Fsp3) is 0.267. The smallest absolute Gasteiger partial charge is 0.264 e. The van der Waals surface area contributed by atoms with Gasteiger partial charge in [-0.25, -0.2) is 23.1 Å². The van der Waals surface area contributed by atoms with Crippen LogP contribution < -0.4 is 10.0 Å². The summed E-state index contributed by atoms with van der Waals surface area (Å²) in [5.41, 5.74) is 2.57. The summed E-state index contributed by atoms with van der Waals surface area (Å²) in [5, 5.41) is 2.70. The molecule has 2 aromatic rings. The number of nitrogens with one attached hydrogen (secondary N) is 2. The Morgan fingerprint density at radius 3 is 2.52 bits per heavy atom. The van der Waals surface area contributed by atoms with Crippen LogP contribution in [0.2, 0.25) is 0 Å². The third-order valence-corrected chi connectivity index (χ3v) is 4.85. The lowest BCUT2D eigenvalue weighted by Crippen LogP contribution is -2.32. The van der Waals surface area contributed by atoms with Gasteiger partial charge < -0.3 is 5.32 Å². The number of nitrogens with zero attached hydrogens (tertiary/aromatic N) is 2. The summed E-state index contributed by atoms with van der Waals surface area (Å²) >= 11 is 0. The highest BCUT2D eigenvalue weighted by atomic mass is 32.2. The Hall–Kier alpha value is -2.48. The van der Waals surface area contributed by atoms with Gasteiger partial charge in [-0.3, -0.25) is 4.79 Å². The van der Waals surface area contributed by atoms with Gasteiger partial charge in [0, 0.05) is 23.5 Å². The number of rotatable bonds is 3. The first-order valence-electron chi connectivity index (χ1n) is 7.11. The van der Waals surface area contributed by atoms with E-state index in [4.69, 9.17) is 0 Å². The fourth-order valence-electron chi connectivity index (χ4n) is 2.51. The Labute approximate surface area is 134 Å². The standard InChI is InChI=1S/C15H16N4O3S/c1-9-7-10(2)18-15(17-9)19-23(21,22)12-4-3-11-5-6-16-14(20)13(11)8-12/h3-4,7-8H,5-6H2,1-2H3,(H,16,20)(H,17,18,19). The van der Waals surface area contributed by atoms with Crippen LogP contribution in [0.3, 0.4) is 0 Å². The number of aryl methyl sites for hydroxylation is 2. The maximum Gasteiger partial charge on any atom is 0.264 e. The number of anilines is 1. The second-order valence-electron chi connectivity index (χ2n) is 5.40. The molecule has 0 fully saturated rings. The molecule has 1 amide bonds. The van der Waals surface area contributed by atoms with E-state index in [1.807, 2.05) is 0 Å². The summed E-state index contributed by atoms with van der Waals surface area (Å²) in [5.74, 6) is -0.240. The summed E-state index contributed by atoms with van der Waals surface area (Å²) in [4.78, 5) is 20.0. The van der Waals surface area contributed by atoms with E-state index < -0.39 is 10.0 Å². The second-order valence-corrected chi connectivity index (χ2v) is 7.09. The number of sulfonamides is 1. The Balaban J connectivity index is 1.96. The predicted molar refractivity (Wildman–Crippen MR) is 84.8 cm³/mol. The van der Waals surface area contributed by atoms with Crippen LogP contribution in [0.4, 0.5) is 5.95 Å². The lowest BCUT2D eigenvalue weighted by atomic mass is 10.0. The molecule has 0 saturated carbocycles. The highest BCUT2D eigenvalue weighted by molar-refractivity contribution is 7.92. The quantitative estimate of drug-likeness (QED) is 0.879. The minimum Gasteiger partial charge on any atom is -0.352 e. The van der Waals surface area contributed by atoms with Crippen molar-refractivity contribution in [1.82, 2.24) is 15.3 Å². The van der Waals surface area contributed by atoms with E-state index in [1.165, 1.54) is 12.1 Å². The monoisotopic (exact) mass is 332 g/mol. The van der Waals surface area contributed by atoms with Crippen LogP contribution in [0.25, 0.3) is 0 Å². The van der Waals surface area contributed by atoms with Gasteiger partial charge in [0.2, 0.25) is 5.95 Å². The molecular formula is C15H16N4O3S. The molecule has 1 aliphatic heterocycles.